The molecule has 0 radical (unpaired) electrons. The van der Waals surface area contributed by atoms with Gasteiger partial charge in [0.25, 0.3) is 0 Å². The molecule has 1 aromatic heterocycles. The predicted molar refractivity (Wildman–Crippen MR) is 71.4 cm³/mol. The van der Waals surface area contributed by atoms with Crippen molar-refractivity contribution in [2.75, 3.05) is 18.1 Å². The third-order valence-corrected chi connectivity index (χ3v) is 4.32. The molecule has 1 saturated carbocycles. The lowest BCUT2D eigenvalue weighted by Gasteiger charge is -2.38. The molecule has 0 spiro atoms. The van der Waals surface area contributed by atoms with Gasteiger partial charge in [-0.2, -0.15) is 0 Å². The van der Waals surface area contributed by atoms with Crippen LogP contribution in [0.4, 0.5) is 5.82 Å². The third-order valence-electron chi connectivity index (χ3n) is 3.07. The maximum Gasteiger partial charge on any atom is 0.148 e. The summed E-state index contributed by atoms with van der Waals surface area (Å²) in [7, 11) is 0. The highest BCUT2D eigenvalue weighted by molar-refractivity contribution is 9.10. The number of aliphatic hydroxyl groups excluding tert-OH is 1. The number of aromatic nitrogens is 2. The van der Waals surface area contributed by atoms with Crippen LogP contribution in [0.25, 0.3) is 0 Å². The van der Waals surface area contributed by atoms with E-state index in [9.17, 15) is 0 Å². The molecule has 0 amide bonds. The molecule has 1 aromatic rings. The van der Waals surface area contributed by atoms with Crippen LogP contribution in [0.2, 0.25) is 5.15 Å². The smallest absolute Gasteiger partial charge is 0.148 e. The van der Waals surface area contributed by atoms with Gasteiger partial charge >= 0.3 is 0 Å². The van der Waals surface area contributed by atoms with Gasteiger partial charge in [-0.25, -0.2) is 9.97 Å². The molecule has 0 saturated heterocycles. The summed E-state index contributed by atoms with van der Waals surface area (Å²) in [6.07, 6.45) is 5.84. The van der Waals surface area contributed by atoms with Crippen LogP contribution >= 0.6 is 27.5 Å². The van der Waals surface area contributed by atoms with Crippen molar-refractivity contribution in [1.29, 1.82) is 0 Å². The van der Waals surface area contributed by atoms with Gasteiger partial charge in [0.2, 0.25) is 0 Å². The summed E-state index contributed by atoms with van der Waals surface area (Å²) in [5.74, 6) is 0.836. The highest BCUT2D eigenvalue weighted by atomic mass is 79.9. The van der Waals surface area contributed by atoms with Crippen molar-refractivity contribution in [3.63, 3.8) is 0 Å². The van der Waals surface area contributed by atoms with Crippen LogP contribution in [0.5, 0.6) is 0 Å². The third kappa shape index (κ3) is 2.89. The molecule has 0 unspecified atom stereocenters. The zero-order chi connectivity index (χ0) is 12.3. The van der Waals surface area contributed by atoms with Crippen molar-refractivity contribution in [3.05, 3.63) is 16.0 Å². The summed E-state index contributed by atoms with van der Waals surface area (Å²) in [4.78, 5) is 10.5. The summed E-state index contributed by atoms with van der Waals surface area (Å²) >= 11 is 9.42. The summed E-state index contributed by atoms with van der Waals surface area (Å²) < 4.78 is 0.742. The van der Waals surface area contributed by atoms with Gasteiger partial charge < -0.3 is 10.0 Å². The van der Waals surface area contributed by atoms with E-state index in [1.165, 1.54) is 25.6 Å². The Morgan fingerprint density at radius 1 is 1.47 bits per heavy atom. The number of halogens is 2. The number of hydrogen-bond donors (Lipinski definition) is 1. The zero-order valence-electron chi connectivity index (χ0n) is 9.44. The SMILES string of the molecule is OCCCN(c1ncnc(Cl)c1Br)C1CCC1. The van der Waals surface area contributed by atoms with Gasteiger partial charge in [0.15, 0.2) is 0 Å². The normalized spacial score (nSPS) is 15.7. The van der Waals surface area contributed by atoms with Crippen molar-refractivity contribution in [2.45, 2.75) is 31.7 Å². The first-order valence-electron chi connectivity index (χ1n) is 5.77. The van der Waals surface area contributed by atoms with Crippen LogP contribution in [0.3, 0.4) is 0 Å². The topological polar surface area (TPSA) is 49.2 Å². The van der Waals surface area contributed by atoms with Crippen LogP contribution < -0.4 is 4.90 Å². The summed E-state index contributed by atoms with van der Waals surface area (Å²) in [5, 5.41) is 9.39. The molecule has 0 aliphatic heterocycles. The summed E-state index contributed by atoms with van der Waals surface area (Å²) in [5.41, 5.74) is 0. The number of aliphatic hydroxyl groups is 1. The molecule has 1 heterocycles. The Morgan fingerprint density at radius 2 is 2.24 bits per heavy atom. The number of rotatable bonds is 5. The quantitative estimate of drug-likeness (QED) is 0.847. The average Bonchev–Trinajstić information content (AvgIpc) is 2.26. The Hall–Kier alpha value is -0.390. The molecule has 0 atom stereocenters. The van der Waals surface area contributed by atoms with E-state index < -0.39 is 0 Å². The maximum atomic E-state index is 8.96. The first-order valence-corrected chi connectivity index (χ1v) is 6.94. The standard InChI is InChI=1S/C11H15BrClN3O/c12-9-10(13)14-7-15-11(9)16(5-2-6-17)8-3-1-4-8/h7-8,17H,1-6H2. The molecular weight excluding hydrogens is 305 g/mol. The lowest BCUT2D eigenvalue weighted by atomic mass is 9.91. The first-order chi connectivity index (χ1) is 8.24. The van der Waals surface area contributed by atoms with Gasteiger partial charge in [0.1, 0.15) is 17.3 Å². The molecule has 2 rings (SSSR count). The predicted octanol–water partition coefficient (Wildman–Crippen LogP) is 2.63. The summed E-state index contributed by atoms with van der Waals surface area (Å²) in [6, 6.07) is 0.517. The van der Waals surface area contributed by atoms with E-state index in [-0.39, 0.29) is 6.61 Å². The Bertz CT molecular complexity index is 387. The van der Waals surface area contributed by atoms with Gasteiger partial charge in [0, 0.05) is 19.2 Å². The second-order valence-corrected chi connectivity index (χ2v) is 5.31. The van der Waals surface area contributed by atoms with Gasteiger partial charge in [0.05, 0.1) is 4.47 Å². The van der Waals surface area contributed by atoms with E-state index in [2.05, 4.69) is 30.8 Å². The minimum atomic E-state index is 0.194. The second-order valence-electron chi connectivity index (χ2n) is 4.16. The van der Waals surface area contributed by atoms with Crippen LogP contribution in [-0.4, -0.2) is 34.3 Å². The minimum absolute atomic E-state index is 0.194. The highest BCUT2D eigenvalue weighted by Crippen LogP contribution is 2.35. The molecule has 6 heteroatoms. The largest absolute Gasteiger partial charge is 0.396 e. The number of anilines is 1. The van der Waals surface area contributed by atoms with Gasteiger partial charge in [-0.05, 0) is 41.6 Å². The minimum Gasteiger partial charge on any atom is -0.396 e. The Balaban J connectivity index is 2.21. The molecule has 17 heavy (non-hydrogen) atoms. The molecule has 0 aromatic carbocycles. The maximum absolute atomic E-state index is 8.96. The fourth-order valence-electron chi connectivity index (χ4n) is 1.94. The van der Waals surface area contributed by atoms with Crippen molar-refractivity contribution in [1.82, 2.24) is 9.97 Å². The van der Waals surface area contributed by atoms with E-state index in [1.54, 1.807) is 0 Å². The van der Waals surface area contributed by atoms with Crippen LogP contribution in [0, 0.1) is 0 Å². The molecule has 1 N–H and O–H groups in total. The highest BCUT2D eigenvalue weighted by Gasteiger charge is 2.27. The molecule has 0 bridgehead atoms. The molecule has 1 fully saturated rings. The lowest BCUT2D eigenvalue weighted by molar-refractivity contribution is 0.282. The van der Waals surface area contributed by atoms with E-state index in [1.807, 2.05) is 0 Å². The fourth-order valence-corrected chi connectivity index (χ4v) is 2.50. The monoisotopic (exact) mass is 319 g/mol. The molecule has 94 valence electrons. The van der Waals surface area contributed by atoms with E-state index in [0.29, 0.717) is 11.2 Å². The van der Waals surface area contributed by atoms with Crippen molar-refractivity contribution in [3.8, 4) is 0 Å². The lowest BCUT2D eigenvalue weighted by Crippen LogP contribution is -2.41. The summed E-state index contributed by atoms with van der Waals surface area (Å²) in [6.45, 7) is 0.993. The number of hydrogen-bond acceptors (Lipinski definition) is 4. The van der Waals surface area contributed by atoms with Gasteiger partial charge in [-0.1, -0.05) is 11.6 Å². The Morgan fingerprint density at radius 3 is 2.82 bits per heavy atom. The van der Waals surface area contributed by atoms with Crippen molar-refractivity contribution < 1.29 is 5.11 Å². The van der Waals surface area contributed by atoms with Gasteiger partial charge in [-0.15, -0.1) is 0 Å². The van der Waals surface area contributed by atoms with E-state index >= 15 is 0 Å². The molecule has 1 aliphatic carbocycles. The number of nitrogens with zero attached hydrogens (tertiary/aromatic N) is 3. The van der Waals surface area contributed by atoms with Crippen LogP contribution in [0.15, 0.2) is 10.8 Å². The zero-order valence-corrected chi connectivity index (χ0v) is 11.8. The van der Waals surface area contributed by atoms with Crippen molar-refractivity contribution in [2.24, 2.45) is 0 Å². The van der Waals surface area contributed by atoms with Crippen LogP contribution in [-0.2, 0) is 0 Å². The van der Waals surface area contributed by atoms with Gasteiger partial charge in [-0.3, -0.25) is 0 Å². The molecule has 1 aliphatic rings. The Kier molecular flexibility index (Phi) is 4.59. The van der Waals surface area contributed by atoms with Crippen LogP contribution in [0.1, 0.15) is 25.7 Å². The Labute approximate surface area is 114 Å². The average molecular weight is 321 g/mol. The van der Waals surface area contributed by atoms with E-state index in [4.69, 9.17) is 16.7 Å². The van der Waals surface area contributed by atoms with E-state index in [0.717, 1.165) is 23.3 Å². The molecule has 4 nitrogen and oxygen atoms in total. The molecular formula is C11H15BrClN3O. The van der Waals surface area contributed by atoms with Crippen molar-refractivity contribution >= 4 is 33.3 Å². The second kappa shape index (κ2) is 5.98. The first kappa shape index (κ1) is 13.1. The fraction of sp³-hybridized carbons (Fsp3) is 0.636.